The van der Waals surface area contributed by atoms with Crippen LogP contribution in [0.2, 0.25) is 0 Å². The fourth-order valence-electron chi connectivity index (χ4n) is 4.97. The van der Waals surface area contributed by atoms with E-state index in [-0.39, 0.29) is 17.1 Å². The fourth-order valence-corrected chi connectivity index (χ4v) is 4.97. The van der Waals surface area contributed by atoms with Gasteiger partial charge in [0.25, 0.3) is 5.91 Å². The van der Waals surface area contributed by atoms with E-state index < -0.39 is 6.04 Å². The highest BCUT2D eigenvalue weighted by Crippen LogP contribution is 2.41. The number of nitrogens with zero attached hydrogens (tertiary/aromatic N) is 2. The van der Waals surface area contributed by atoms with Crippen molar-refractivity contribution in [1.29, 1.82) is 0 Å². The zero-order chi connectivity index (χ0) is 27.5. The minimum Gasteiger partial charge on any atom is -0.497 e. The summed E-state index contributed by atoms with van der Waals surface area (Å²) in [5.74, 6) is 1.41. The van der Waals surface area contributed by atoms with E-state index in [1.54, 1.807) is 37.3 Å². The van der Waals surface area contributed by atoms with Gasteiger partial charge in [0, 0.05) is 12.6 Å². The Morgan fingerprint density at radius 3 is 2.44 bits per heavy atom. The topological polar surface area (TPSA) is 81.5 Å². The Morgan fingerprint density at radius 2 is 1.72 bits per heavy atom. The van der Waals surface area contributed by atoms with E-state index in [4.69, 9.17) is 18.6 Å². The van der Waals surface area contributed by atoms with Gasteiger partial charge in [0.1, 0.15) is 17.9 Å². The number of amides is 1. The van der Waals surface area contributed by atoms with Crippen LogP contribution in [0.25, 0.3) is 11.0 Å². The van der Waals surface area contributed by atoms with E-state index in [9.17, 15) is 9.59 Å². The van der Waals surface area contributed by atoms with E-state index >= 15 is 0 Å². The van der Waals surface area contributed by atoms with Crippen molar-refractivity contribution < 1.29 is 23.4 Å². The summed E-state index contributed by atoms with van der Waals surface area (Å²) in [6.07, 6.45) is 0.736. The smallest absolute Gasteiger partial charge is 0.290 e. The number of methoxy groups -OCH3 is 2. The normalized spacial score (nSPS) is 14.6. The molecule has 1 unspecified atom stereocenters. The van der Waals surface area contributed by atoms with Gasteiger partial charge < -0.3 is 28.4 Å². The molecule has 0 spiro atoms. The Morgan fingerprint density at radius 1 is 0.923 bits per heavy atom. The summed E-state index contributed by atoms with van der Waals surface area (Å²) in [5, 5.41) is 0.400. The molecule has 0 bridgehead atoms. The number of hydrogen-bond donors (Lipinski definition) is 0. The second-order valence-corrected chi connectivity index (χ2v) is 9.78. The standard InChI is InChI=1S/C31H32N2O6/c1-32(2)15-8-16-33-28(21-11-14-24(26(17-21)37-4)38-19-20-9-6-5-7-10-20)27-29(34)23-13-12-22(36-3)18-25(23)39-30(27)31(33)35/h5-7,9-14,17-18,28H,8,15-16,19H2,1-4H3. The van der Waals surface area contributed by atoms with Crippen molar-refractivity contribution in [1.82, 2.24) is 9.80 Å². The first-order chi connectivity index (χ1) is 18.9. The monoisotopic (exact) mass is 528 g/mol. The van der Waals surface area contributed by atoms with E-state index in [1.807, 2.05) is 62.6 Å². The summed E-state index contributed by atoms with van der Waals surface area (Å²) in [6.45, 7) is 1.64. The highest BCUT2D eigenvalue weighted by atomic mass is 16.5. The minimum absolute atomic E-state index is 0.0685. The van der Waals surface area contributed by atoms with Gasteiger partial charge in [-0.25, -0.2) is 0 Å². The second kappa shape index (κ2) is 11.2. The third-order valence-electron chi connectivity index (χ3n) is 6.92. The summed E-state index contributed by atoms with van der Waals surface area (Å²) in [4.78, 5) is 31.3. The van der Waals surface area contributed by atoms with Crippen molar-refractivity contribution in [3.8, 4) is 17.2 Å². The molecular weight excluding hydrogens is 496 g/mol. The zero-order valence-electron chi connectivity index (χ0n) is 22.6. The molecule has 0 radical (unpaired) electrons. The van der Waals surface area contributed by atoms with E-state index in [2.05, 4.69) is 4.90 Å². The zero-order valence-corrected chi connectivity index (χ0v) is 22.6. The summed E-state index contributed by atoms with van der Waals surface area (Å²) in [7, 11) is 7.10. The molecule has 1 amide bonds. The maximum atomic E-state index is 13.8. The average Bonchev–Trinajstić information content (AvgIpc) is 3.23. The van der Waals surface area contributed by atoms with Crippen LogP contribution in [0, 0.1) is 0 Å². The highest BCUT2D eigenvalue weighted by Gasteiger charge is 2.42. The van der Waals surface area contributed by atoms with Gasteiger partial charge >= 0.3 is 0 Å². The average molecular weight is 529 g/mol. The SMILES string of the molecule is COc1ccc2c(=O)c3c(oc2c1)C(=O)N(CCCN(C)C)C3c1ccc(OCc2ccccc2)c(OC)c1. The Hall–Kier alpha value is -4.30. The maximum Gasteiger partial charge on any atom is 0.290 e. The van der Waals surface area contributed by atoms with Gasteiger partial charge in [0.2, 0.25) is 5.76 Å². The third kappa shape index (κ3) is 5.20. The lowest BCUT2D eigenvalue weighted by Gasteiger charge is -2.26. The Bertz CT molecular complexity index is 1550. The molecule has 0 saturated heterocycles. The van der Waals surface area contributed by atoms with Crippen LogP contribution in [0.3, 0.4) is 0 Å². The number of fused-ring (bicyclic) bond motifs is 2. The Balaban J connectivity index is 1.56. The number of benzene rings is 3. The number of rotatable bonds is 10. The van der Waals surface area contributed by atoms with Crippen LogP contribution >= 0.6 is 0 Å². The number of carbonyl (C=O) groups excluding carboxylic acids is 1. The predicted octanol–water partition coefficient (Wildman–Crippen LogP) is 4.89. The summed E-state index contributed by atoms with van der Waals surface area (Å²) in [5.41, 5.74) is 2.21. The molecule has 1 aliphatic heterocycles. The van der Waals surface area contributed by atoms with Gasteiger partial charge in [-0.3, -0.25) is 9.59 Å². The van der Waals surface area contributed by atoms with Crippen molar-refractivity contribution >= 4 is 16.9 Å². The van der Waals surface area contributed by atoms with Gasteiger partial charge in [0.15, 0.2) is 16.9 Å². The molecule has 8 heteroatoms. The highest BCUT2D eigenvalue weighted by molar-refractivity contribution is 5.99. The molecule has 1 aromatic heterocycles. The minimum atomic E-state index is -0.616. The Kier molecular flexibility index (Phi) is 7.56. The van der Waals surface area contributed by atoms with Gasteiger partial charge in [-0.05, 0) is 62.5 Å². The quantitative estimate of drug-likeness (QED) is 0.290. The predicted molar refractivity (Wildman–Crippen MR) is 149 cm³/mol. The van der Waals surface area contributed by atoms with Crippen LogP contribution in [0.4, 0.5) is 0 Å². The van der Waals surface area contributed by atoms with Crippen LogP contribution in [0.1, 0.15) is 39.7 Å². The lowest BCUT2D eigenvalue weighted by Crippen LogP contribution is -2.32. The number of hydrogen-bond acceptors (Lipinski definition) is 7. The van der Waals surface area contributed by atoms with Crippen molar-refractivity contribution in [2.24, 2.45) is 0 Å². The molecule has 2 heterocycles. The first-order valence-corrected chi connectivity index (χ1v) is 12.9. The molecule has 0 fully saturated rings. The first-order valence-electron chi connectivity index (χ1n) is 12.9. The van der Waals surface area contributed by atoms with Crippen molar-refractivity contribution in [2.45, 2.75) is 19.1 Å². The van der Waals surface area contributed by atoms with Crippen molar-refractivity contribution in [2.75, 3.05) is 41.4 Å². The van der Waals surface area contributed by atoms with Crippen LogP contribution in [0.5, 0.6) is 17.2 Å². The largest absolute Gasteiger partial charge is 0.497 e. The molecule has 5 rings (SSSR count). The van der Waals surface area contributed by atoms with Crippen LogP contribution in [-0.4, -0.2) is 57.1 Å². The Labute approximate surface area is 227 Å². The van der Waals surface area contributed by atoms with Gasteiger partial charge in [-0.1, -0.05) is 36.4 Å². The van der Waals surface area contributed by atoms with E-state index in [0.717, 1.165) is 24.1 Å². The number of ether oxygens (including phenoxy) is 3. The second-order valence-electron chi connectivity index (χ2n) is 9.78. The van der Waals surface area contributed by atoms with Crippen molar-refractivity contribution in [3.63, 3.8) is 0 Å². The molecule has 8 nitrogen and oxygen atoms in total. The molecular formula is C31H32N2O6. The van der Waals surface area contributed by atoms with E-state index in [0.29, 0.717) is 46.9 Å². The first kappa shape index (κ1) is 26.3. The lowest BCUT2D eigenvalue weighted by molar-refractivity contribution is 0.0722. The third-order valence-corrected chi connectivity index (χ3v) is 6.92. The van der Waals surface area contributed by atoms with Crippen LogP contribution in [0.15, 0.2) is 75.9 Å². The molecule has 1 aliphatic rings. The number of carbonyl (C=O) groups is 1. The van der Waals surface area contributed by atoms with Gasteiger partial charge in [-0.15, -0.1) is 0 Å². The van der Waals surface area contributed by atoms with Gasteiger partial charge in [0.05, 0.1) is 31.2 Å². The molecule has 0 N–H and O–H groups in total. The van der Waals surface area contributed by atoms with E-state index in [1.165, 1.54) is 0 Å². The molecule has 4 aromatic rings. The van der Waals surface area contributed by atoms with Crippen LogP contribution < -0.4 is 19.6 Å². The lowest BCUT2D eigenvalue weighted by atomic mass is 9.98. The molecule has 39 heavy (non-hydrogen) atoms. The summed E-state index contributed by atoms with van der Waals surface area (Å²) in [6, 6.07) is 19.8. The fraction of sp³-hybridized carbons (Fsp3) is 0.290. The molecule has 0 aliphatic carbocycles. The molecule has 1 atom stereocenters. The van der Waals surface area contributed by atoms with Crippen molar-refractivity contribution in [3.05, 3.63) is 99.4 Å². The van der Waals surface area contributed by atoms with Gasteiger partial charge in [-0.2, -0.15) is 0 Å². The summed E-state index contributed by atoms with van der Waals surface area (Å²) < 4.78 is 23.1. The molecule has 0 saturated carbocycles. The van der Waals surface area contributed by atoms with Crippen LogP contribution in [-0.2, 0) is 6.61 Å². The summed E-state index contributed by atoms with van der Waals surface area (Å²) >= 11 is 0. The molecule has 202 valence electrons. The molecule has 3 aromatic carbocycles. The maximum absolute atomic E-state index is 13.8.